The molecule has 1 aliphatic rings. The fraction of sp³-hybridized carbons (Fsp3) is 0.250. The first-order chi connectivity index (χ1) is 9.50. The highest BCUT2D eigenvalue weighted by Gasteiger charge is 2.40. The molecule has 0 aromatic heterocycles. The van der Waals surface area contributed by atoms with Crippen molar-refractivity contribution in [2.45, 2.75) is 28.9 Å². The molecule has 2 atom stereocenters. The molecule has 2 unspecified atom stereocenters. The van der Waals surface area contributed by atoms with Crippen LogP contribution in [0.4, 0.5) is 0 Å². The van der Waals surface area contributed by atoms with Crippen LogP contribution < -0.4 is 0 Å². The number of alkyl halides is 1. The van der Waals surface area contributed by atoms with E-state index in [0.29, 0.717) is 11.3 Å². The number of rotatable bonds is 2. The first-order valence-corrected chi connectivity index (χ1v) is 8.51. The summed E-state index contributed by atoms with van der Waals surface area (Å²) in [6.07, 6.45) is 0.487. The van der Waals surface area contributed by atoms with Gasteiger partial charge in [-0.05, 0) is 36.6 Å². The molecule has 2 aromatic rings. The smallest absolute Gasteiger partial charge is 0.183 e. The van der Waals surface area contributed by atoms with Gasteiger partial charge in [-0.25, -0.2) is 8.42 Å². The Morgan fingerprint density at radius 1 is 1.05 bits per heavy atom. The minimum atomic E-state index is -3.40. The van der Waals surface area contributed by atoms with E-state index in [-0.39, 0.29) is 0 Å². The molecule has 0 aliphatic heterocycles. The van der Waals surface area contributed by atoms with Gasteiger partial charge in [0.05, 0.1) is 15.5 Å². The average Bonchev–Trinajstić information content (AvgIpc) is 2.78. The average molecular weight is 307 g/mol. The van der Waals surface area contributed by atoms with Gasteiger partial charge in [0.2, 0.25) is 0 Å². The first-order valence-electron chi connectivity index (χ1n) is 6.52. The van der Waals surface area contributed by atoms with Crippen LogP contribution in [-0.4, -0.2) is 13.7 Å². The molecule has 1 aliphatic carbocycles. The van der Waals surface area contributed by atoms with Crippen molar-refractivity contribution in [2.75, 3.05) is 0 Å². The van der Waals surface area contributed by atoms with Crippen LogP contribution in [0.5, 0.6) is 0 Å². The van der Waals surface area contributed by atoms with Crippen molar-refractivity contribution in [3.63, 3.8) is 0 Å². The van der Waals surface area contributed by atoms with Crippen LogP contribution in [0.25, 0.3) is 0 Å². The summed E-state index contributed by atoms with van der Waals surface area (Å²) in [4.78, 5) is 0.353. The Morgan fingerprint density at radius 3 is 2.35 bits per heavy atom. The number of fused-ring (bicyclic) bond motifs is 1. The summed E-state index contributed by atoms with van der Waals surface area (Å²) in [5, 5.41) is -1.05. The molecule has 0 heterocycles. The SMILES string of the molecule is Cc1ccc(S(=O)(=O)C2Cc3ccccc3C2Cl)cc1. The molecule has 0 bridgehead atoms. The molecule has 0 amide bonds. The Hall–Kier alpha value is -1.32. The lowest BCUT2D eigenvalue weighted by Crippen LogP contribution is -2.23. The normalized spacial score (nSPS) is 21.7. The second kappa shape index (κ2) is 4.90. The summed E-state index contributed by atoms with van der Waals surface area (Å²) < 4.78 is 25.5. The predicted molar refractivity (Wildman–Crippen MR) is 80.9 cm³/mol. The lowest BCUT2D eigenvalue weighted by Gasteiger charge is -2.15. The molecule has 104 valence electrons. The summed E-state index contributed by atoms with van der Waals surface area (Å²) in [6, 6.07) is 14.6. The monoisotopic (exact) mass is 306 g/mol. The predicted octanol–water partition coefficient (Wildman–Crippen LogP) is 3.67. The van der Waals surface area contributed by atoms with E-state index in [1.54, 1.807) is 12.1 Å². The van der Waals surface area contributed by atoms with Crippen LogP contribution in [0.3, 0.4) is 0 Å². The summed E-state index contributed by atoms with van der Waals surface area (Å²) in [5.41, 5.74) is 3.02. The second-order valence-electron chi connectivity index (χ2n) is 5.20. The quantitative estimate of drug-likeness (QED) is 0.793. The van der Waals surface area contributed by atoms with Crippen molar-refractivity contribution in [3.05, 3.63) is 65.2 Å². The van der Waals surface area contributed by atoms with Gasteiger partial charge in [-0.1, -0.05) is 42.0 Å². The molecular weight excluding hydrogens is 292 g/mol. The van der Waals surface area contributed by atoms with Crippen LogP contribution in [0.1, 0.15) is 22.1 Å². The Bertz CT molecular complexity index is 735. The maximum Gasteiger partial charge on any atom is 0.183 e. The molecule has 0 saturated carbocycles. The zero-order chi connectivity index (χ0) is 14.3. The highest BCUT2D eigenvalue weighted by atomic mass is 35.5. The topological polar surface area (TPSA) is 34.1 Å². The van der Waals surface area contributed by atoms with Gasteiger partial charge in [-0.3, -0.25) is 0 Å². The molecule has 2 aromatic carbocycles. The molecule has 0 spiro atoms. The standard InChI is InChI=1S/C16H15ClO2S/c1-11-6-8-13(9-7-11)20(18,19)15-10-12-4-2-3-5-14(12)16(15)17/h2-9,15-16H,10H2,1H3. The van der Waals surface area contributed by atoms with E-state index in [9.17, 15) is 8.42 Å². The van der Waals surface area contributed by atoms with Gasteiger partial charge in [0.25, 0.3) is 0 Å². The van der Waals surface area contributed by atoms with Gasteiger partial charge in [-0.2, -0.15) is 0 Å². The highest BCUT2D eigenvalue weighted by Crippen LogP contribution is 2.41. The van der Waals surface area contributed by atoms with Gasteiger partial charge in [0.15, 0.2) is 9.84 Å². The summed E-state index contributed by atoms with van der Waals surface area (Å²) >= 11 is 6.40. The van der Waals surface area contributed by atoms with E-state index in [4.69, 9.17) is 11.6 Å². The molecular formula is C16H15ClO2S. The van der Waals surface area contributed by atoms with E-state index in [1.165, 1.54) is 0 Å². The summed E-state index contributed by atoms with van der Waals surface area (Å²) in [5.74, 6) is 0. The highest BCUT2D eigenvalue weighted by molar-refractivity contribution is 7.92. The van der Waals surface area contributed by atoms with Crippen LogP contribution in [0, 0.1) is 6.92 Å². The van der Waals surface area contributed by atoms with E-state index in [0.717, 1.165) is 16.7 Å². The Balaban J connectivity index is 2.00. The third-order valence-electron chi connectivity index (χ3n) is 3.85. The van der Waals surface area contributed by atoms with Crippen molar-refractivity contribution >= 4 is 21.4 Å². The maximum absolute atomic E-state index is 12.7. The van der Waals surface area contributed by atoms with Crippen molar-refractivity contribution in [1.29, 1.82) is 0 Å². The number of hydrogen-bond donors (Lipinski definition) is 0. The zero-order valence-electron chi connectivity index (χ0n) is 11.1. The zero-order valence-corrected chi connectivity index (χ0v) is 12.7. The van der Waals surface area contributed by atoms with Crippen molar-refractivity contribution in [2.24, 2.45) is 0 Å². The minimum absolute atomic E-state index is 0.353. The van der Waals surface area contributed by atoms with Gasteiger partial charge in [0, 0.05) is 0 Å². The van der Waals surface area contributed by atoms with E-state index < -0.39 is 20.5 Å². The van der Waals surface area contributed by atoms with Crippen molar-refractivity contribution in [1.82, 2.24) is 0 Å². The second-order valence-corrected chi connectivity index (χ2v) is 7.84. The van der Waals surface area contributed by atoms with Gasteiger partial charge >= 0.3 is 0 Å². The molecule has 4 heteroatoms. The van der Waals surface area contributed by atoms with Crippen LogP contribution in [0.2, 0.25) is 0 Å². The Labute approximate surface area is 124 Å². The number of hydrogen-bond acceptors (Lipinski definition) is 2. The third kappa shape index (κ3) is 2.15. The fourth-order valence-electron chi connectivity index (χ4n) is 2.68. The molecule has 3 rings (SSSR count). The van der Waals surface area contributed by atoms with Crippen LogP contribution in [0.15, 0.2) is 53.4 Å². The minimum Gasteiger partial charge on any atom is -0.223 e. The Morgan fingerprint density at radius 2 is 1.70 bits per heavy atom. The summed E-state index contributed by atoms with van der Waals surface area (Å²) in [7, 11) is -3.40. The van der Waals surface area contributed by atoms with E-state index in [2.05, 4.69) is 0 Å². The van der Waals surface area contributed by atoms with Gasteiger partial charge in [-0.15, -0.1) is 11.6 Å². The first kappa shape index (κ1) is 13.7. The van der Waals surface area contributed by atoms with Crippen molar-refractivity contribution in [3.8, 4) is 0 Å². The molecule has 0 fully saturated rings. The van der Waals surface area contributed by atoms with Gasteiger partial charge < -0.3 is 0 Å². The molecule has 0 saturated heterocycles. The summed E-state index contributed by atoms with van der Waals surface area (Å²) in [6.45, 7) is 1.94. The largest absolute Gasteiger partial charge is 0.223 e. The fourth-order valence-corrected chi connectivity index (χ4v) is 5.11. The molecule has 20 heavy (non-hydrogen) atoms. The lowest BCUT2D eigenvalue weighted by atomic mass is 10.1. The lowest BCUT2D eigenvalue weighted by molar-refractivity contribution is 0.579. The Kier molecular flexibility index (Phi) is 3.35. The van der Waals surface area contributed by atoms with Crippen LogP contribution in [-0.2, 0) is 16.3 Å². The van der Waals surface area contributed by atoms with Gasteiger partial charge in [0.1, 0.15) is 0 Å². The molecule has 2 nitrogen and oxygen atoms in total. The van der Waals surface area contributed by atoms with Crippen molar-refractivity contribution < 1.29 is 8.42 Å². The van der Waals surface area contributed by atoms with E-state index >= 15 is 0 Å². The molecule has 0 radical (unpaired) electrons. The third-order valence-corrected chi connectivity index (χ3v) is 6.70. The number of sulfone groups is 1. The maximum atomic E-state index is 12.7. The van der Waals surface area contributed by atoms with Crippen LogP contribution >= 0.6 is 11.6 Å². The van der Waals surface area contributed by atoms with E-state index in [1.807, 2.05) is 43.3 Å². The number of aryl methyl sites for hydroxylation is 1. The molecule has 0 N–H and O–H groups in total. The number of benzene rings is 2. The number of halogens is 1.